The lowest BCUT2D eigenvalue weighted by molar-refractivity contribution is 0.113. The topological polar surface area (TPSA) is 119 Å². The fraction of sp³-hybridized carbons (Fsp3) is 0.394. The molecule has 0 amide bonds. The molecule has 3 aliphatic heterocycles. The van der Waals surface area contributed by atoms with Crippen LogP contribution in [0.15, 0.2) is 30.5 Å². The molecule has 0 saturated carbocycles. The van der Waals surface area contributed by atoms with Gasteiger partial charge in [0, 0.05) is 42.8 Å². The van der Waals surface area contributed by atoms with Gasteiger partial charge in [-0.15, -0.1) is 6.42 Å². The Morgan fingerprint density at radius 1 is 1.13 bits per heavy atom. The molecular formula is C33H31F3N6O3. The highest BCUT2D eigenvalue weighted by Crippen LogP contribution is 2.39. The second-order valence-corrected chi connectivity index (χ2v) is 11.5. The molecule has 2 aromatic heterocycles. The Morgan fingerprint density at radius 3 is 2.69 bits per heavy atom. The van der Waals surface area contributed by atoms with Crippen molar-refractivity contribution in [2.24, 2.45) is 5.92 Å². The fourth-order valence-corrected chi connectivity index (χ4v) is 6.58. The van der Waals surface area contributed by atoms with Crippen LogP contribution in [0.4, 0.5) is 19.0 Å². The predicted molar refractivity (Wildman–Crippen MR) is 162 cm³/mol. The number of piperidine rings is 1. The number of aromatic hydroxyl groups is 1. The van der Waals surface area contributed by atoms with Gasteiger partial charge in [-0.3, -0.25) is 9.88 Å². The first kappa shape index (κ1) is 30.4. The molecule has 3 fully saturated rings. The molecule has 45 heavy (non-hydrogen) atoms. The minimum Gasteiger partial charge on any atom is -0.508 e. The third kappa shape index (κ3) is 5.68. The molecule has 4 aromatic rings. The number of fused-ring (bicyclic) bond motifs is 3. The first-order chi connectivity index (χ1) is 21.7. The Morgan fingerprint density at radius 2 is 1.96 bits per heavy atom. The SMILES string of the molecule is C#Cc1c(F)ccc2cc(O)cc(-c3ncc4c(N5CCC(O)C(C#N)C5)nc(OC)nc4c3F)c12.FC1CC2CCCN2C1. The molecule has 3 saturated heterocycles. The third-order valence-electron chi connectivity index (χ3n) is 8.78. The summed E-state index contributed by atoms with van der Waals surface area (Å²) in [6, 6.07) is 7.87. The minimum absolute atomic E-state index is 0.0841. The summed E-state index contributed by atoms with van der Waals surface area (Å²) < 4.78 is 48.4. The molecule has 5 heterocycles. The van der Waals surface area contributed by atoms with Gasteiger partial charge in [0.25, 0.3) is 0 Å². The van der Waals surface area contributed by atoms with Gasteiger partial charge in [-0.25, -0.2) is 13.2 Å². The Hall–Kier alpha value is -4.65. The van der Waals surface area contributed by atoms with E-state index in [1.165, 1.54) is 50.4 Å². The van der Waals surface area contributed by atoms with Gasteiger partial charge in [-0.05, 0) is 55.8 Å². The van der Waals surface area contributed by atoms with Crippen molar-refractivity contribution >= 4 is 27.5 Å². The molecule has 4 atom stereocenters. The van der Waals surface area contributed by atoms with Crippen molar-refractivity contribution in [1.29, 1.82) is 5.26 Å². The summed E-state index contributed by atoms with van der Waals surface area (Å²) in [5, 5.41) is 30.7. The lowest BCUT2D eigenvalue weighted by Gasteiger charge is -2.34. The number of anilines is 1. The molecule has 0 aliphatic carbocycles. The zero-order valence-corrected chi connectivity index (χ0v) is 24.6. The van der Waals surface area contributed by atoms with Crippen LogP contribution in [0.5, 0.6) is 11.8 Å². The van der Waals surface area contributed by atoms with Crippen LogP contribution in [-0.4, -0.2) is 81.7 Å². The zero-order valence-electron chi connectivity index (χ0n) is 24.6. The van der Waals surface area contributed by atoms with E-state index in [-0.39, 0.29) is 51.4 Å². The number of nitrogens with zero attached hydrogens (tertiary/aromatic N) is 6. The number of benzene rings is 2. The average molecular weight is 617 g/mol. The maximum atomic E-state index is 16.1. The lowest BCUT2D eigenvalue weighted by Crippen LogP contribution is -2.43. The van der Waals surface area contributed by atoms with Crippen LogP contribution in [0.2, 0.25) is 0 Å². The molecular weight excluding hydrogens is 585 g/mol. The number of phenolic OH excluding ortho intramolecular Hbond substituents is 1. The number of terminal acetylenes is 1. The van der Waals surface area contributed by atoms with Gasteiger partial charge in [0.05, 0.1) is 36.2 Å². The molecule has 0 bridgehead atoms. The Bertz CT molecular complexity index is 1850. The molecule has 2 N–H and O–H groups in total. The van der Waals surface area contributed by atoms with Crippen LogP contribution in [0, 0.1) is 41.2 Å². The first-order valence-corrected chi connectivity index (χ1v) is 14.8. The van der Waals surface area contributed by atoms with Crippen molar-refractivity contribution in [1.82, 2.24) is 19.9 Å². The van der Waals surface area contributed by atoms with Crippen molar-refractivity contribution in [3.8, 4) is 41.4 Å². The van der Waals surface area contributed by atoms with E-state index in [1.54, 1.807) is 4.90 Å². The molecule has 12 heteroatoms. The summed E-state index contributed by atoms with van der Waals surface area (Å²) in [4.78, 5) is 16.9. The summed E-state index contributed by atoms with van der Waals surface area (Å²) in [7, 11) is 1.34. The van der Waals surface area contributed by atoms with E-state index >= 15 is 4.39 Å². The maximum absolute atomic E-state index is 16.1. The number of rotatable bonds is 3. The Kier molecular flexibility index (Phi) is 8.36. The van der Waals surface area contributed by atoms with E-state index in [9.17, 15) is 24.3 Å². The number of halogens is 3. The van der Waals surface area contributed by atoms with Crippen molar-refractivity contribution in [2.45, 2.75) is 44.0 Å². The van der Waals surface area contributed by atoms with Gasteiger partial charge in [-0.2, -0.15) is 15.2 Å². The first-order valence-electron chi connectivity index (χ1n) is 14.8. The number of methoxy groups -OCH3 is 1. The smallest absolute Gasteiger partial charge is 0.318 e. The van der Waals surface area contributed by atoms with Crippen LogP contribution < -0.4 is 9.64 Å². The summed E-state index contributed by atoms with van der Waals surface area (Å²) in [6.45, 7) is 2.41. The highest BCUT2D eigenvalue weighted by atomic mass is 19.1. The number of alkyl halides is 1. The third-order valence-corrected chi connectivity index (χ3v) is 8.78. The number of ether oxygens (including phenoxy) is 1. The number of phenols is 1. The quantitative estimate of drug-likeness (QED) is 0.315. The number of aliphatic hydroxyl groups excluding tert-OH is 1. The van der Waals surface area contributed by atoms with Crippen molar-refractivity contribution < 1.29 is 28.1 Å². The highest BCUT2D eigenvalue weighted by molar-refractivity contribution is 6.03. The number of hydrogen-bond acceptors (Lipinski definition) is 9. The summed E-state index contributed by atoms with van der Waals surface area (Å²) in [5.74, 6) is 0.270. The van der Waals surface area contributed by atoms with E-state index in [4.69, 9.17) is 11.2 Å². The standard InChI is InChI=1S/C26H19F2N5O3.C7H12FN/c1-3-16-19(27)5-4-13-8-15(34)9-17(21(13)16)23-22(28)24-18(11-30-23)25(32-26(31-24)36-2)33-7-6-20(35)14(10-29)12-33;8-6-4-7-2-1-3-9(7)5-6/h1,4-5,8-9,11,14,20,34-35H,6-7,12H2,2H3;6-7H,1-5H2. The highest BCUT2D eigenvalue weighted by Gasteiger charge is 2.35. The average Bonchev–Trinajstić information content (AvgIpc) is 3.62. The van der Waals surface area contributed by atoms with Crippen LogP contribution in [-0.2, 0) is 0 Å². The molecule has 9 nitrogen and oxygen atoms in total. The molecule has 3 aliphatic rings. The number of nitriles is 1. The fourth-order valence-electron chi connectivity index (χ4n) is 6.58. The van der Waals surface area contributed by atoms with Crippen LogP contribution >= 0.6 is 0 Å². The largest absolute Gasteiger partial charge is 0.508 e. The van der Waals surface area contributed by atoms with Gasteiger partial charge in [0.15, 0.2) is 5.82 Å². The predicted octanol–water partition coefficient (Wildman–Crippen LogP) is 4.72. The van der Waals surface area contributed by atoms with Gasteiger partial charge < -0.3 is 19.8 Å². The molecule has 232 valence electrons. The van der Waals surface area contributed by atoms with E-state index < -0.39 is 29.8 Å². The Labute approximate surface area is 257 Å². The molecule has 2 aromatic carbocycles. The van der Waals surface area contributed by atoms with Gasteiger partial charge in [0.1, 0.15) is 34.8 Å². The lowest BCUT2D eigenvalue weighted by atomic mass is 9.95. The van der Waals surface area contributed by atoms with Gasteiger partial charge in [-0.1, -0.05) is 12.0 Å². The second kappa shape index (κ2) is 12.4. The number of aromatic nitrogens is 3. The normalized spacial score (nSPS) is 22.9. The van der Waals surface area contributed by atoms with Gasteiger partial charge in [0.2, 0.25) is 0 Å². The molecule has 0 radical (unpaired) electrons. The summed E-state index contributed by atoms with van der Waals surface area (Å²) in [5.41, 5.74) is -0.293. The zero-order chi connectivity index (χ0) is 31.8. The van der Waals surface area contributed by atoms with E-state index in [1.807, 2.05) is 0 Å². The monoisotopic (exact) mass is 616 g/mol. The molecule has 0 spiro atoms. The number of aliphatic hydroxyl groups is 1. The second-order valence-electron chi connectivity index (χ2n) is 11.5. The maximum Gasteiger partial charge on any atom is 0.318 e. The van der Waals surface area contributed by atoms with Crippen molar-refractivity contribution in [3.63, 3.8) is 0 Å². The summed E-state index contributed by atoms with van der Waals surface area (Å²) >= 11 is 0. The van der Waals surface area contributed by atoms with Crippen LogP contribution in [0.3, 0.4) is 0 Å². The van der Waals surface area contributed by atoms with E-state index in [0.29, 0.717) is 36.8 Å². The number of pyridine rings is 1. The van der Waals surface area contributed by atoms with Crippen LogP contribution in [0.1, 0.15) is 31.2 Å². The van der Waals surface area contributed by atoms with Gasteiger partial charge >= 0.3 is 6.01 Å². The van der Waals surface area contributed by atoms with Crippen molar-refractivity contribution in [2.75, 3.05) is 38.2 Å². The van der Waals surface area contributed by atoms with E-state index in [0.717, 1.165) is 13.0 Å². The van der Waals surface area contributed by atoms with Crippen molar-refractivity contribution in [3.05, 3.63) is 47.7 Å². The van der Waals surface area contributed by atoms with E-state index in [2.05, 4.69) is 31.8 Å². The molecule has 4 unspecified atom stereocenters. The Balaban J connectivity index is 0.000000337. The van der Waals surface area contributed by atoms with Crippen LogP contribution in [0.25, 0.3) is 32.9 Å². The molecule has 7 rings (SSSR count). The number of hydrogen-bond donors (Lipinski definition) is 2. The summed E-state index contributed by atoms with van der Waals surface area (Å²) in [6.07, 6.45) is 9.30. The minimum atomic E-state index is -0.845.